The largest absolute Gasteiger partial charge is 0.387 e. The van der Waals surface area contributed by atoms with E-state index in [4.69, 9.17) is 11.6 Å². The van der Waals surface area contributed by atoms with E-state index >= 15 is 0 Å². The number of hydrogen-bond acceptors (Lipinski definition) is 2. The molecule has 0 radical (unpaired) electrons. The fourth-order valence-corrected chi connectivity index (χ4v) is 2.31. The van der Waals surface area contributed by atoms with E-state index in [9.17, 15) is 5.11 Å². The van der Waals surface area contributed by atoms with Crippen LogP contribution in [0, 0.1) is 5.41 Å². The number of aliphatic hydroxyl groups excluding tert-OH is 1. The van der Waals surface area contributed by atoms with E-state index in [1.165, 1.54) is 11.3 Å². The summed E-state index contributed by atoms with van der Waals surface area (Å²) in [5, 5.41) is 10.0. The Kier molecular flexibility index (Phi) is 3.38. The Labute approximate surface area is 88.4 Å². The van der Waals surface area contributed by atoms with Gasteiger partial charge >= 0.3 is 0 Å². The van der Waals surface area contributed by atoms with Gasteiger partial charge < -0.3 is 5.11 Å². The fraction of sp³-hybridized carbons (Fsp3) is 0.600. The van der Waals surface area contributed by atoms with Crippen molar-refractivity contribution in [2.24, 2.45) is 5.41 Å². The lowest BCUT2D eigenvalue weighted by molar-refractivity contribution is 0.0495. The van der Waals surface area contributed by atoms with Gasteiger partial charge in [0.25, 0.3) is 0 Å². The van der Waals surface area contributed by atoms with E-state index in [2.05, 4.69) is 20.8 Å². The van der Waals surface area contributed by atoms with E-state index < -0.39 is 6.10 Å². The lowest BCUT2D eigenvalue weighted by Gasteiger charge is -2.28. The molecule has 0 aromatic carbocycles. The van der Waals surface area contributed by atoms with E-state index in [-0.39, 0.29) is 5.41 Å². The number of hydrogen-bond donors (Lipinski definition) is 1. The number of aliphatic hydroxyl groups is 1. The minimum absolute atomic E-state index is 0.0752. The van der Waals surface area contributed by atoms with Gasteiger partial charge in [-0.25, -0.2) is 0 Å². The zero-order valence-electron chi connectivity index (χ0n) is 8.17. The molecule has 13 heavy (non-hydrogen) atoms. The van der Waals surface area contributed by atoms with Crippen molar-refractivity contribution < 1.29 is 5.11 Å². The molecule has 0 aliphatic heterocycles. The lowest BCUT2D eigenvalue weighted by Crippen LogP contribution is -2.19. The smallest absolute Gasteiger partial charge is 0.0933 e. The molecular formula is C10H15ClOS. The molecule has 3 heteroatoms. The van der Waals surface area contributed by atoms with Gasteiger partial charge in [0.15, 0.2) is 0 Å². The summed E-state index contributed by atoms with van der Waals surface area (Å²) in [6.45, 7) is 6.20. The molecule has 0 amide bonds. The molecule has 0 fully saturated rings. The van der Waals surface area contributed by atoms with Crippen LogP contribution in [0.25, 0.3) is 0 Å². The average Bonchev–Trinajstić information content (AvgIpc) is 2.50. The number of thiophene rings is 1. The second-order valence-corrected chi connectivity index (χ2v) is 5.63. The Bertz CT molecular complexity index is 280. The highest BCUT2D eigenvalue weighted by molar-refractivity contribution is 7.16. The third-order valence-electron chi connectivity index (χ3n) is 2.51. The molecule has 1 N–H and O–H groups in total. The minimum atomic E-state index is -0.407. The SMILES string of the molecule is CCC(C)(C)C(O)c1ccc(Cl)s1. The maximum atomic E-state index is 10.0. The number of halogens is 1. The summed E-state index contributed by atoms with van der Waals surface area (Å²) >= 11 is 7.26. The Hall–Kier alpha value is -0.0500. The first-order valence-electron chi connectivity index (χ1n) is 4.40. The van der Waals surface area contributed by atoms with E-state index in [1.54, 1.807) is 0 Å². The standard InChI is InChI=1S/C10H15ClOS/c1-4-10(2,3)9(12)7-5-6-8(11)13-7/h5-6,9,12H,4H2,1-3H3. The van der Waals surface area contributed by atoms with E-state index in [0.29, 0.717) is 0 Å². The van der Waals surface area contributed by atoms with Gasteiger partial charge in [-0.3, -0.25) is 0 Å². The average molecular weight is 219 g/mol. The Morgan fingerprint density at radius 1 is 1.54 bits per heavy atom. The van der Waals surface area contributed by atoms with Crippen molar-refractivity contribution in [3.63, 3.8) is 0 Å². The summed E-state index contributed by atoms with van der Waals surface area (Å²) in [5.74, 6) is 0. The summed E-state index contributed by atoms with van der Waals surface area (Å²) in [7, 11) is 0. The molecule has 0 aliphatic rings. The molecule has 1 rings (SSSR count). The molecular weight excluding hydrogens is 204 g/mol. The summed E-state index contributed by atoms with van der Waals surface area (Å²) in [6, 6.07) is 3.73. The molecule has 0 saturated heterocycles. The third kappa shape index (κ3) is 2.46. The second-order valence-electron chi connectivity index (χ2n) is 3.89. The molecule has 1 unspecified atom stereocenters. The zero-order chi connectivity index (χ0) is 10.1. The Morgan fingerprint density at radius 2 is 2.15 bits per heavy atom. The monoisotopic (exact) mass is 218 g/mol. The van der Waals surface area contributed by atoms with Gasteiger partial charge in [-0.15, -0.1) is 11.3 Å². The summed E-state index contributed by atoms with van der Waals surface area (Å²) in [4.78, 5) is 0.955. The molecule has 0 spiro atoms. The summed E-state index contributed by atoms with van der Waals surface area (Å²) < 4.78 is 0.737. The van der Waals surface area contributed by atoms with Crippen LogP contribution in [0.4, 0.5) is 0 Å². The van der Waals surface area contributed by atoms with Crippen molar-refractivity contribution in [3.05, 3.63) is 21.3 Å². The fourth-order valence-electron chi connectivity index (χ4n) is 1.05. The van der Waals surface area contributed by atoms with Crippen LogP contribution in [0.1, 0.15) is 38.2 Å². The zero-order valence-corrected chi connectivity index (χ0v) is 9.75. The highest BCUT2D eigenvalue weighted by Crippen LogP contribution is 2.39. The molecule has 1 nitrogen and oxygen atoms in total. The predicted octanol–water partition coefficient (Wildman–Crippen LogP) is 3.87. The van der Waals surface area contributed by atoms with Crippen molar-refractivity contribution in [2.45, 2.75) is 33.3 Å². The number of rotatable bonds is 3. The maximum absolute atomic E-state index is 10.0. The van der Waals surface area contributed by atoms with Crippen molar-refractivity contribution in [2.75, 3.05) is 0 Å². The molecule has 0 aliphatic carbocycles. The molecule has 1 atom stereocenters. The van der Waals surface area contributed by atoms with Gasteiger partial charge in [0.05, 0.1) is 10.4 Å². The van der Waals surface area contributed by atoms with Gasteiger partial charge in [-0.1, -0.05) is 32.4 Å². The van der Waals surface area contributed by atoms with E-state index in [1.807, 2.05) is 12.1 Å². The van der Waals surface area contributed by atoms with Crippen LogP contribution in [0.15, 0.2) is 12.1 Å². The predicted molar refractivity (Wildman–Crippen MR) is 58.4 cm³/mol. The van der Waals surface area contributed by atoms with Crippen LogP contribution in [-0.2, 0) is 0 Å². The van der Waals surface area contributed by atoms with Gasteiger partial charge in [-0.05, 0) is 24.0 Å². The van der Waals surface area contributed by atoms with Crippen molar-refractivity contribution in [3.8, 4) is 0 Å². The van der Waals surface area contributed by atoms with E-state index in [0.717, 1.165) is 15.6 Å². The Morgan fingerprint density at radius 3 is 2.54 bits per heavy atom. The molecule has 1 aromatic heterocycles. The first-order valence-corrected chi connectivity index (χ1v) is 5.60. The molecule has 1 aromatic rings. The lowest BCUT2D eigenvalue weighted by atomic mass is 9.83. The third-order valence-corrected chi connectivity index (χ3v) is 3.80. The van der Waals surface area contributed by atoms with Crippen molar-refractivity contribution in [1.82, 2.24) is 0 Å². The second kappa shape index (κ2) is 3.99. The first-order chi connectivity index (χ1) is 5.97. The van der Waals surface area contributed by atoms with Crippen LogP contribution in [0.2, 0.25) is 4.34 Å². The van der Waals surface area contributed by atoms with Crippen molar-refractivity contribution >= 4 is 22.9 Å². The molecule has 0 bridgehead atoms. The molecule has 74 valence electrons. The van der Waals surface area contributed by atoms with Crippen molar-refractivity contribution in [1.29, 1.82) is 0 Å². The van der Waals surface area contributed by atoms with Crippen LogP contribution in [-0.4, -0.2) is 5.11 Å². The summed E-state index contributed by atoms with van der Waals surface area (Å²) in [5.41, 5.74) is -0.0752. The van der Waals surface area contributed by atoms with Gasteiger partial charge in [-0.2, -0.15) is 0 Å². The normalized spacial score (nSPS) is 14.5. The van der Waals surface area contributed by atoms with Crippen LogP contribution in [0.5, 0.6) is 0 Å². The highest BCUT2D eigenvalue weighted by Gasteiger charge is 2.28. The topological polar surface area (TPSA) is 20.2 Å². The van der Waals surface area contributed by atoms with Gasteiger partial charge in [0, 0.05) is 4.88 Å². The summed E-state index contributed by atoms with van der Waals surface area (Å²) in [6.07, 6.45) is 0.541. The van der Waals surface area contributed by atoms with Crippen LogP contribution < -0.4 is 0 Å². The van der Waals surface area contributed by atoms with Gasteiger partial charge in [0.2, 0.25) is 0 Å². The van der Waals surface area contributed by atoms with Crippen LogP contribution >= 0.6 is 22.9 Å². The quantitative estimate of drug-likeness (QED) is 0.817. The molecule has 0 saturated carbocycles. The Balaban J connectivity index is 2.84. The maximum Gasteiger partial charge on any atom is 0.0933 e. The van der Waals surface area contributed by atoms with Gasteiger partial charge in [0.1, 0.15) is 0 Å². The molecule has 1 heterocycles. The first kappa shape index (κ1) is 11.0. The highest BCUT2D eigenvalue weighted by atomic mass is 35.5. The minimum Gasteiger partial charge on any atom is -0.387 e. The van der Waals surface area contributed by atoms with Crippen LogP contribution in [0.3, 0.4) is 0 Å².